The summed E-state index contributed by atoms with van der Waals surface area (Å²) in [6.45, 7) is 7.27. The number of morpholine rings is 1. The van der Waals surface area contributed by atoms with Crippen LogP contribution in [0.15, 0.2) is 36.8 Å². The minimum absolute atomic E-state index is 0.203. The molecule has 0 radical (unpaired) electrons. The van der Waals surface area contributed by atoms with E-state index < -0.39 is 11.7 Å². The van der Waals surface area contributed by atoms with Crippen LogP contribution in [0.1, 0.15) is 31.3 Å². The van der Waals surface area contributed by atoms with Crippen molar-refractivity contribution in [3.63, 3.8) is 0 Å². The highest BCUT2D eigenvalue weighted by atomic mass is 16.6. The number of anilines is 1. The van der Waals surface area contributed by atoms with Gasteiger partial charge in [-0.25, -0.2) is 24.4 Å². The minimum atomic E-state index is -0.639. The molecule has 1 saturated heterocycles. The quantitative estimate of drug-likeness (QED) is 0.583. The Balaban J connectivity index is 1.64. The fraction of sp³-hybridized carbons (Fsp3) is 0.391. The van der Waals surface area contributed by atoms with Crippen LogP contribution in [0.3, 0.4) is 0 Å². The molecule has 1 aliphatic heterocycles. The Bertz CT molecular complexity index is 1180. The lowest BCUT2D eigenvalue weighted by molar-refractivity contribution is 0.0298. The van der Waals surface area contributed by atoms with Crippen molar-refractivity contribution in [2.45, 2.75) is 26.4 Å². The van der Waals surface area contributed by atoms with Crippen molar-refractivity contribution < 1.29 is 23.8 Å². The SMILES string of the molecule is COc1ccc(-n2nc(C(=O)N3CCOCC3)cc2-c2cnc(NC(=O)OC(C)(C)C)cn2)cn1. The third kappa shape index (κ3) is 5.90. The van der Waals surface area contributed by atoms with Gasteiger partial charge in [-0.1, -0.05) is 0 Å². The van der Waals surface area contributed by atoms with E-state index in [9.17, 15) is 9.59 Å². The number of aromatic nitrogens is 5. The third-order valence-electron chi connectivity index (χ3n) is 4.94. The highest BCUT2D eigenvalue weighted by molar-refractivity contribution is 5.93. The fourth-order valence-electron chi connectivity index (χ4n) is 3.34. The van der Waals surface area contributed by atoms with Gasteiger partial charge in [0.25, 0.3) is 5.91 Å². The maximum Gasteiger partial charge on any atom is 0.413 e. The molecule has 0 spiro atoms. The van der Waals surface area contributed by atoms with E-state index in [2.05, 4.69) is 25.4 Å². The molecule has 1 aliphatic rings. The predicted molar refractivity (Wildman–Crippen MR) is 126 cm³/mol. The van der Waals surface area contributed by atoms with E-state index in [1.807, 2.05) is 0 Å². The Morgan fingerprint density at radius 2 is 1.83 bits per heavy atom. The summed E-state index contributed by atoms with van der Waals surface area (Å²) in [6, 6.07) is 5.13. The Morgan fingerprint density at radius 1 is 1.06 bits per heavy atom. The molecule has 1 fully saturated rings. The third-order valence-corrected chi connectivity index (χ3v) is 4.94. The molecule has 3 aromatic heterocycles. The van der Waals surface area contributed by atoms with Crippen LogP contribution in [0, 0.1) is 0 Å². The summed E-state index contributed by atoms with van der Waals surface area (Å²) in [4.78, 5) is 39.7. The summed E-state index contributed by atoms with van der Waals surface area (Å²) in [5, 5.41) is 7.09. The average molecular weight is 482 g/mol. The van der Waals surface area contributed by atoms with Crippen LogP contribution in [0.25, 0.3) is 17.1 Å². The summed E-state index contributed by atoms with van der Waals surface area (Å²) in [5.74, 6) is 0.472. The van der Waals surface area contributed by atoms with Crippen molar-refractivity contribution in [2.24, 2.45) is 0 Å². The zero-order chi connectivity index (χ0) is 25.0. The van der Waals surface area contributed by atoms with Crippen molar-refractivity contribution in [1.82, 2.24) is 29.6 Å². The molecule has 2 amide bonds. The largest absolute Gasteiger partial charge is 0.481 e. The fourth-order valence-corrected chi connectivity index (χ4v) is 3.34. The van der Waals surface area contributed by atoms with Crippen LogP contribution < -0.4 is 10.1 Å². The number of amides is 2. The van der Waals surface area contributed by atoms with E-state index in [-0.39, 0.29) is 17.4 Å². The lowest BCUT2D eigenvalue weighted by atomic mass is 10.2. The summed E-state index contributed by atoms with van der Waals surface area (Å²) >= 11 is 0. The lowest BCUT2D eigenvalue weighted by Gasteiger charge is -2.25. The predicted octanol–water partition coefficient (Wildman–Crippen LogP) is 2.55. The van der Waals surface area contributed by atoms with Gasteiger partial charge < -0.3 is 19.1 Å². The van der Waals surface area contributed by atoms with E-state index in [0.717, 1.165) is 0 Å². The summed E-state index contributed by atoms with van der Waals surface area (Å²) in [6.07, 6.45) is 3.85. The van der Waals surface area contributed by atoms with Gasteiger partial charge in [0, 0.05) is 19.2 Å². The lowest BCUT2D eigenvalue weighted by Crippen LogP contribution is -2.40. The van der Waals surface area contributed by atoms with E-state index >= 15 is 0 Å². The molecule has 12 nitrogen and oxygen atoms in total. The molecular weight excluding hydrogens is 454 g/mol. The Kier molecular flexibility index (Phi) is 6.92. The smallest absolute Gasteiger partial charge is 0.413 e. The van der Waals surface area contributed by atoms with Gasteiger partial charge in [-0.05, 0) is 32.9 Å². The highest BCUT2D eigenvalue weighted by Gasteiger charge is 2.24. The first-order chi connectivity index (χ1) is 16.7. The van der Waals surface area contributed by atoms with Crippen molar-refractivity contribution in [3.8, 4) is 23.0 Å². The maximum absolute atomic E-state index is 13.1. The van der Waals surface area contributed by atoms with Crippen LogP contribution in [-0.4, -0.2) is 80.6 Å². The molecule has 184 valence electrons. The van der Waals surface area contributed by atoms with Gasteiger partial charge in [0.05, 0.1) is 50.3 Å². The number of methoxy groups -OCH3 is 1. The zero-order valence-electron chi connectivity index (χ0n) is 20.0. The molecule has 4 heterocycles. The minimum Gasteiger partial charge on any atom is -0.481 e. The van der Waals surface area contributed by atoms with Gasteiger partial charge in [0.15, 0.2) is 11.5 Å². The molecule has 35 heavy (non-hydrogen) atoms. The van der Waals surface area contributed by atoms with Crippen LogP contribution in [0.4, 0.5) is 10.6 Å². The van der Waals surface area contributed by atoms with Crippen molar-refractivity contribution in [1.29, 1.82) is 0 Å². The van der Waals surface area contributed by atoms with E-state index in [0.29, 0.717) is 49.3 Å². The number of ether oxygens (including phenoxy) is 3. The van der Waals surface area contributed by atoms with Crippen molar-refractivity contribution in [2.75, 3.05) is 38.7 Å². The molecule has 3 aromatic rings. The second-order valence-corrected chi connectivity index (χ2v) is 8.70. The van der Waals surface area contributed by atoms with Gasteiger partial charge in [0.2, 0.25) is 5.88 Å². The first-order valence-electron chi connectivity index (χ1n) is 11.0. The first kappa shape index (κ1) is 24.1. The van der Waals surface area contributed by atoms with Gasteiger partial charge in [-0.3, -0.25) is 10.1 Å². The second kappa shape index (κ2) is 10.1. The molecule has 1 N–H and O–H groups in total. The number of carbonyl (C=O) groups excluding carboxylic acids is 2. The first-order valence-corrected chi connectivity index (χ1v) is 11.0. The van der Waals surface area contributed by atoms with E-state index in [1.165, 1.54) is 19.5 Å². The molecular formula is C23H27N7O5. The molecule has 4 rings (SSSR count). The van der Waals surface area contributed by atoms with Gasteiger partial charge in [0.1, 0.15) is 11.3 Å². The van der Waals surface area contributed by atoms with Gasteiger partial charge in [-0.2, -0.15) is 5.10 Å². The van der Waals surface area contributed by atoms with E-state index in [1.54, 1.807) is 54.7 Å². The molecule has 0 aliphatic carbocycles. The molecule has 0 saturated carbocycles. The monoisotopic (exact) mass is 481 g/mol. The topological polar surface area (TPSA) is 134 Å². The molecule has 0 bridgehead atoms. The van der Waals surface area contributed by atoms with Gasteiger partial charge >= 0.3 is 6.09 Å². The number of pyridine rings is 1. The number of hydrogen-bond donors (Lipinski definition) is 1. The molecule has 0 unspecified atom stereocenters. The number of nitrogens with zero attached hydrogens (tertiary/aromatic N) is 6. The zero-order valence-corrected chi connectivity index (χ0v) is 20.0. The summed E-state index contributed by atoms with van der Waals surface area (Å²) in [7, 11) is 1.53. The molecule has 0 atom stereocenters. The van der Waals surface area contributed by atoms with Crippen LogP contribution in [0.2, 0.25) is 0 Å². The van der Waals surface area contributed by atoms with Gasteiger partial charge in [-0.15, -0.1) is 0 Å². The molecule has 12 heteroatoms. The normalized spacial score (nSPS) is 13.9. The molecule has 0 aromatic carbocycles. The number of rotatable bonds is 5. The van der Waals surface area contributed by atoms with Crippen LogP contribution in [-0.2, 0) is 9.47 Å². The van der Waals surface area contributed by atoms with Crippen LogP contribution in [0.5, 0.6) is 5.88 Å². The number of nitrogens with one attached hydrogen (secondary N) is 1. The van der Waals surface area contributed by atoms with E-state index in [4.69, 9.17) is 14.2 Å². The number of carbonyl (C=O) groups is 2. The van der Waals surface area contributed by atoms with Crippen molar-refractivity contribution >= 4 is 17.8 Å². The Hall–Kier alpha value is -4.06. The number of hydrogen-bond acceptors (Lipinski definition) is 9. The Labute approximate surface area is 202 Å². The van der Waals surface area contributed by atoms with Crippen molar-refractivity contribution in [3.05, 3.63) is 42.5 Å². The Morgan fingerprint density at radius 3 is 2.43 bits per heavy atom. The maximum atomic E-state index is 13.1. The average Bonchev–Trinajstić information content (AvgIpc) is 3.29. The standard InChI is InChI=1S/C23H27N7O5/c1-23(2,3)35-22(32)27-19-14-24-17(13-25-19)18-11-16(21(31)29-7-9-34-10-8-29)28-30(18)15-5-6-20(33-4)26-12-15/h5-6,11-14H,7-10H2,1-4H3,(H,25,27,32). The summed E-state index contributed by atoms with van der Waals surface area (Å²) < 4.78 is 17.3. The highest BCUT2D eigenvalue weighted by Crippen LogP contribution is 2.24. The second-order valence-electron chi connectivity index (χ2n) is 8.70. The van der Waals surface area contributed by atoms with Crippen LogP contribution >= 0.6 is 0 Å². The summed E-state index contributed by atoms with van der Waals surface area (Å²) in [5.41, 5.74) is 1.21.